The van der Waals surface area contributed by atoms with E-state index in [-0.39, 0.29) is 4.90 Å². The van der Waals surface area contributed by atoms with E-state index in [1.54, 1.807) is 24.3 Å². The Labute approximate surface area is 178 Å². The van der Waals surface area contributed by atoms with Gasteiger partial charge >= 0.3 is 12.4 Å². The molecule has 2 aromatic heterocycles. The zero-order valence-electron chi connectivity index (χ0n) is 16.5. The van der Waals surface area contributed by atoms with E-state index in [1.165, 1.54) is 18.0 Å². The molecule has 5 nitrogen and oxygen atoms in total. The van der Waals surface area contributed by atoms with Crippen molar-refractivity contribution in [2.75, 3.05) is 7.11 Å². The first kappa shape index (κ1) is 21.7. The van der Waals surface area contributed by atoms with Crippen LogP contribution in [0.1, 0.15) is 11.6 Å². The molecule has 1 aromatic carbocycles. The number of hydrogen-bond donors (Lipinski definition) is 0. The highest BCUT2D eigenvalue weighted by atomic mass is 19.4. The number of halogens is 6. The lowest BCUT2D eigenvalue weighted by atomic mass is 10.0. The normalized spacial score (nSPS) is 17.7. The van der Waals surface area contributed by atoms with E-state index in [9.17, 15) is 26.3 Å². The second-order valence-electron chi connectivity index (χ2n) is 7.01. The minimum Gasteiger partial charge on any atom is -0.481 e. The third kappa shape index (κ3) is 3.90. The van der Waals surface area contributed by atoms with Crippen molar-refractivity contribution >= 4 is 10.8 Å². The predicted octanol–water partition coefficient (Wildman–Crippen LogP) is 5.35. The molecule has 2 atom stereocenters. The van der Waals surface area contributed by atoms with Crippen LogP contribution in [0.2, 0.25) is 0 Å². The van der Waals surface area contributed by atoms with Gasteiger partial charge in [-0.05, 0) is 24.3 Å². The largest absolute Gasteiger partial charge is 0.481 e. The SMILES string of the molecule is COc1nccc2c(-n3cc(C(N4C=CC=CC4C(F)(F)F)C(F)(F)F)cn3)cccc12. The van der Waals surface area contributed by atoms with Gasteiger partial charge in [-0.2, -0.15) is 31.4 Å². The molecule has 1 aliphatic heterocycles. The minimum atomic E-state index is -4.99. The van der Waals surface area contributed by atoms with Crippen LogP contribution in [0.3, 0.4) is 0 Å². The monoisotopic (exact) mass is 454 g/mol. The zero-order valence-corrected chi connectivity index (χ0v) is 16.5. The summed E-state index contributed by atoms with van der Waals surface area (Å²) in [7, 11) is 1.44. The third-order valence-electron chi connectivity index (χ3n) is 5.03. The molecular weight excluding hydrogens is 438 g/mol. The number of allylic oxidation sites excluding steroid dienone is 2. The molecule has 168 valence electrons. The summed E-state index contributed by atoms with van der Waals surface area (Å²) in [6, 6.07) is 1.69. The molecule has 0 spiro atoms. The fourth-order valence-corrected chi connectivity index (χ4v) is 3.70. The average Bonchev–Trinajstić information content (AvgIpc) is 3.20. The van der Waals surface area contributed by atoms with Crippen LogP contribution >= 0.6 is 0 Å². The van der Waals surface area contributed by atoms with Crippen LogP contribution in [0.4, 0.5) is 26.3 Å². The molecule has 0 bridgehead atoms. The Hall–Kier alpha value is -3.50. The van der Waals surface area contributed by atoms with Gasteiger partial charge in [-0.25, -0.2) is 9.67 Å². The molecule has 4 rings (SSSR count). The maximum Gasteiger partial charge on any atom is 0.413 e. The maximum atomic E-state index is 14.0. The molecule has 0 fully saturated rings. The zero-order chi connectivity index (χ0) is 23.1. The first-order valence-corrected chi connectivity index (χ1v) is 9.34. The highest BCUT2D eigenvalue weighted by molar-refractivity contribution is 5.93. The minimum absolute atomic E-state index is 0.247. The van der Waals surface area contributed by atoms with Crippen molar-refractivity contribution < 1.29 is 31.1 Å². The Morgan fingerprint density at radius 1 is 1.03 bits per heavy atom. The number of pyridine rings is 1. The number of rotatable bonds is 4. The van der Waals surface area contributed by atoms with E-state index in [0.29, 0.717) is 28.4 Å². The van der Waals surface area contributed by atoms with Gasteiger partial charge in [-0.3, -0.25) is 0 Å². The van der Waals surface area contributed by atoms with Crippen LogP contribution < -0.4 is 4.74 Å². The van der Waals surface area contributed by atoms with E-state index in [0.717, 1.165) is 30.7 Å². The Balaban J connectivity index is 1.80. The Morgan fingerprint density at radius 2 is 1.81 bits per heavy atom. The lowest BCUT2D eigenvalue weighted by Crippen LogP contribution is -2.48. The van der Waals surface area contributed by atoms with Crippen molar-refractivity contribution in [2.24, 2.45) is 0 Å². The van der Waals surface area contributed by atoms with Crippen LogP contribution in [0.5, 0.6) is 5.88 Å². The van der Waals surface area contributed by atoms with E-state index in [1.807, 2.05) is 0 Å². The molecule has 0 amide bonds. The molecule has 3 heterocycles. The molecule has 11 heteroatoms. The van der Waals surface area contributed by atoms with Crippen molar-refractivity contribution in [3.8, 4) is 11.6 Å². The van der Waals surface area contributed by atoms with Crippen molar-refractivity contribution in [3.63, 3.8) is 0 Å². The van der Waals surface area contributed by atoms with Gasteiger partial charge in [0.25, 0.3) is 0 Å². The third-order valence-corrected chi connectivity index (χ3v) is 5.03. The highest BCUT2D eigenvalue weighted by Gasteiger charge is 2.52. The number of fused-ring (bicyclic) bond motifs is 1. The summed E-state index contributed by atoms with van der Waals surface area (Å²) in [5.74, 6) is 0.322. The van der Waals surface area contributed by atoms with E-state index in [4.69, 9.17) is 4.74 Å². The second-order valence-corrected chi connectivity index (χ2v) is 7.01. The summed E-state index contributed by atoms with van der Waals surface area (Å²) >= 11 is 0. The number of methoxy groups -OCH3 is 1. The van der Waals surface area contributed by atoms with Crippen LogP contribution in [-0.4, -0.2) is 45.2 Å². The van der Waals surface area contributed by atoms with Crippen molar-refractivity contribution in [3.05, 3.63) is 72.8 Å². The van der Waals surface area contributed by atoms with Gasteiger partial charge in [0.2, 0.25) is 5.88 Å². The molecule has 3 aromatic rings. The number of hydrogen-bond acceptors (Lipinski definition) is 4. The first-order valence-electron chi connectivity index (χ1n) is 9.34. The number of ether oxygens (including phenoxy) is 1. The summed E-state index contributed by atoms with van der Waals surface area (Å²) in [6.07, 6.45) is -2.70. The molecule has 0 saturated carbocycles. The summed E-state index contributed by atoms with van der Waals surface area (Å²) < 4.78 is 88.7. The van der Waals surface area contributed by atoms with Crippen LogP contribution in [0.15, 0.2) is 67.3 Å². The van der Waals surface area contributed by atoms with Gasteiger partial charge in [0, 0.05) is 34.9 Å². The molecule has 2 unspecified atom stereocenters. The molecule has 0 aliphatic carbocycles. The average molecular weight is 454 g/mol. The van der Waals surface area contributed by atoms with E-state index in [2.05, 4.69) is 10.1 Å². The molecule has 0 N–H and O–H groups in total. The van der Waals surface area contributed by atoms with Gasteiger partial charge < -0.3 is 9.64 Å². The van der Waals surface area contributed by atoms with Crippen LogP contribution in [0.25, 0.3) is 16.5 Å². The van der Waals surface area contributed by atoms with Crippen molar-refractivity contribution in [1.82, 2.24) is 19.7 Å². The molecule has 0 radical (unpaired) electrons. The maximum absolute atomic E-state index is 14.0. The van der Waals surface area contributed by atoms with Gasteiger partial charge in [0.1, 0.15) is 6.04 Å². The summed E-state index contributed by atoms with van der Waals surface area (Å²) in [5.41, 5.74) is 0.00144. The summed E-state index contributed by atoms with van der Waals surface area (Å²) in [5, 5.41) is 5.23. The van der Waals surface area contributed by atoms with Gasteiger partial charge in [0.15, 0.2) is 6.04 Å². The quantitative estimate of drug-likeness (QED) is 0.499. The summed E-state index contributed by atoms with van der Waals surface area (Å²) in [6.45, 7) is 0. The van der Waals surface area contributed by atoms with Gasteiger partial charge in [-0.15, -0.1) is 0 Å². The van der Waals surface area contributed by atoms with E-state index >= 15 is 0 Å². The number of nitrogens with zero attached hydrogens (tertiary/aromatic N) is 4. The van der Waals surface area contributed by atoms with E-state index < -0.39 is 30.0 Å². The fourth-order valence-electron chi connectivity index (χ4n) is 3.70. The predicted molar refractivity (Wildman–Crippen MR) is 104 cm³/mol. The lowest BCUT2D eigenvalue weighted by Gasteiger charge is -2.38. The molecular formula is C21H16F6N4O. The molecule has 0 saturated heterocycles. The van der Waals surface area contributed by atoms with Gasteiger partial charge in [-0.1, -0.05) is 18.2 Å². The van der Waals surface area contributed by atoms with Crippen LogP contribution in [-0.2, 0) is 0 Å². The van der Waals surface area contributed by atoms with Gasteiger partial charge in [0.05, 0.1) is 19.0 Å². The number of aromatic nitrogens is 3. The highest BCUT2D eigenvalue weighted by Crippen LogP contribution is 2.43. The molecule has 1 aliphatic rings. The topological polar surface area (TPSA) is 43.2 Å². The van der Waals surface area contributed by atoms with Crippen molar-refractivity contribution in [2.45, 2.75) is 24.4 Å². The standard InChI is InChI=1S/C21H16F6N4O/c1-32-19-15-5-4-6-16(14(15)8-9-28-19)31-12-13(11-29-31)18(21(25,26)27)30-10-3-2-7-17(30)20(22,23)24/h2-12,17-18H,1H3. The van der Waals surface area contributed by atoms with Crippen LogP contribution in [0, 0.1) is 0 Å². The Kier molecular flexibility index (Phi) is 5.35. The fraction of sp³-hybridized carbons (Fsp3) is 0.238. The number of alkyl halides is 6. The lowest BCUT2D eigenvalue weighted by molar-refractivity contribution is -0.216. The Morgan fingerprint density at radius 3 is 2.50 bits per heavy atom. The number of benzene rings is 1. The molecule has 32 heavy (non-hydrogen) atoms. The summed E-state index contributed by atoms with van der Waals surface area (Å²) in [4.78, 5) is 4.34. The van der Waals surface area contributed by atoms with Crippen molar-refractivity contribution in [1.29, 1.82) is 0 Å². The smallest absolute Gasteiger partial charge is 0.413 e. The second kappa shape index (κ2) is 7.88. The first-order chi connectivity index (χ1) is 15.1. The Bertz CT molecular complexity index is 1180.